The summed E-state index contributed by atoms with van der Waals surface area (Å²) in [5.41, 5.74) is 6.63. The summed E-state index contributed by atoms with van der Waals surface area (Å²) in [6, 6.07) is 3.45. The van der Waals surface area contributed by atoms with E-state index in [1.807, 2.05) is 4.90 Å². The number of benzene rings is 1. The summed E-state index contributed by atoms with van der Waals surface area (Å²) in [6.45, 7) is 2.85. The monoisotopic (exact) mass is 318 g/mol. The van der Waals surface area contributed by atoms with Crippen LogP contribution in [0.1, 0.15) is 36.5 Å². The molecule has 0 spiro atoms. The first-order valence-electron chi connectivity index (χ1n) is 6.48. The molecule has 1 heterocycles. The number of piperidine rings is 1. The van der Waals surface area contributed by atoms with Crippen LogP contribution in [0.4, 0.5) is 5.69 Å². The highest BCUT2D eigenvalue weighted by molar-refractivity contribution is 6.33. The van der Waals surface area contributed by atoms with Gasteiger partial charge in [0.1, 0.15) is 5.75 Å². The molecule has 1 aromatic carbocycles. The van der Waals surface area contributed by atoms with Crippen LogP contribution < -0.4 is 10.5 Å². The quantitative estimate of drug-likeness (QED) is 0.850. The Morgan fingerprint density at radius 2 is 2.15 bits per heavy atom. The zero-order valence-electron chi connectivity index (χ0n) is 11.7. The van der Waals surface area contributed by atoms with E-state index in [4.69, 9.17) is 22.1 Å². The molecule has 1 atom stereocenters. The molecule has 6 heteroatoms. The molecule has 1 unspecified atom stereocenters. The Morgan fingerprint density at radius 1 is 1.45 bits per heavy atom. The van der Waals surface area contributed by atoms with Crippen molar-refractivity contribution < 1.29 is 9.53 Å². The number of hydrogen-bond acceptors (Lipinski definition) is 3. The van der Waals surface area contributed by atoms with Crippen LogP contribution in [0.25, 0.3) is 0 Å². The summed E-state index contributed by atoms with van der Waals surface area (Å²) < 4.78 is 5.24. The highest BCUT2D eigenvalue weighted by Crippen LogP contribution is 2.31. The summed E-state index contributed by atoms with van der Waals surface area (Å²) >= 11 is 6.01. The summed E-state index contributed by atoms with van der Waals surface area (Å²) in [4.78, 5) is 14.5. The van der Waals surface area contributed by atoms with Gasteiger partial charge in [0.25, 0.3) is 5.91 Å². The fourth-order valence-electron chi connectivity index (χ4n) is 2.46. The zero-order chi connectivity index (χ0) is 14.0. The number of anilines is 1. The Balaban J connectivity index is 0.00000200. The average Bonchev–Trinajstić information content (AvgIpc) is 2.41. The number of ether oxygens (including phenoxy) is 1. The number of nitrogens with two attached hydrogens (primary N) is 1. The molecule has 0 aliphatic carbocycles. The lowest BCUT2D eigenvalue weighted by Crippen LogP contribution is -2.42. The number of methoxy groups -OCH3 is 1. The lowest BCUT2D eigenvalue weighted by atomic mass is 10.0. The number of rotatable bonds is 2. The van der Waals surface area contributed by atoms with Crippen LogP contribution in [0.15, 0.2) is 12.1 Å². The van der Waals surface area contributed by atoms with Gasteiger partial charge in [0.15, 0.2) is 0 Å². The Labute approximate surface area is 130 Å². The van der Waals surface area contributed by atoms with Crippen molar-refractivity contribution in [2.75, 3.05) is 19.4 Å². The molecule has 1 aliphatic heterocycles. The number of hydrogen-bond donors (Lipinski definition) is 1. The third-order valence-corrected chi connectivity index (χ3v) is 3.94. The number of nitrogen functional groups attached to an aromatic ring is 1. The fourth-order valence-corrected chi connectivity index (χ4v) is 2.62. The van der Waals surface area contributed by atoms with Crippen molar-refractivity contribution in [1.29, 1.82) is 0 Å². The second-order valence-corrected chi connectivity index (χ2v) is 5.32. The predicted octanol–water partition coefficient (Wildman–Crippen LogP) is 3.37. The summed E-state index contributed by atoms with van der Waals surface area (Å²) in [7, 11) is 1.53. The van der Waals surface area contributed by atoms with Gasteiger partial charge in [0.2, 0.25) is 0 Å². The average molecular weight is 319 g/mol. The first-order chi connectivity index (χ1) is 9.04. The lowest BCUT2D eigenvalue weighted by Gasteiger charge is -2.33. The number of likely N-dealkylation sites (tertiary alicyclic amines) is 1. The van der Waals surface area contributed by atoms with E-state index >= 15 is 0 Å². The van der Waals surface area contributed by atoms with Crippen LogP contribution in [-0.2, 0) is 0 Å². The van der Waals surface area contributed by atoms with E-state index in [0.29, 0.717) is 22.0 Å². The minimum absolute atomic E-state index is 0. The summed E-state index contributed by atoms with van der Waals surface area (Å²) in [5.74, 6) is 0.440. The highest BCUT2D eigenvalue weighted by Gasteiger charge is 2.26. The predicted molar refractivity (Wildman–Crippen MR) is 84.0 cm³/mol. The number of halogens is 2. The largest absolute Gasteiger partial charge is 0.496 e. The van der Waals surface area contributed by atoms with Gasteiger partial charge in [-0.05, 0) is 32.3 Å². The number of nitrogens with zero attached hydrogens (tertiary/aromatic N) is 1. The van der Waals surface area contributed by atoms with Gasteiger partial charge in [0.05, 0.1) is 23.4 Å². The number of carbonyl (C=O) groups excluding carboxylic acids is 1. The van der Waals surface area contributed by atoms with Crippen molar-refractivity contribution in [3.63, 3.8) is 0 Å². The molecule has 1 aromatic rings. The van der Waals surface area contributed by atoms with Gasteiger partial charge >= 0.3 is 0 Å². The fraction of sp³-hybridized carbons (Fsp3) is 0.500. The van der Waals surface area contributed by atoms with Gasteiger partial charge in [-0.1, -0.05) is 11.6 Å². The molecule has 1 aliphatic rings. The molecule has 1 fully saturated rings. The van der Waals surface area contributed by atoms with E-state index in [2.05, 4.69) is 6.92 Å². The Hall–Kier alpha value is -1.13. The molecule has 20 heavy (non-hydrogen) atoms. The van der Waals surface area contributed by atoms with Crippen molar-refractivity contribution in [3.05, 3.63) is 22.7 Å². The van der Waals surface area contributed by atoms with E-state index < -0.39 is 0 Å². The number of amides is 1. The molecule has 1 amide bonds. The Kier molecular flexibility index (Phi) is 5.96. The van der Waals surface area contributed by atoms with Crippen LogP contribution in [-0.4, -0.2) is 30.5 Å². The van der Waals surface area contributed by atoms with Crippen LogP contribution >= 0.6 is 24.0 Å². The topological polar surface area (TPSA) is 55.6 Å². The molecule has 2 rings (SSSR count). The third-order valence-electron chi connectivity index (χ3n) is 3.61. The zero-order valence-corrected chi connectivity index (χ0v) is 13.3. The maximum Gasteiger partial charge on any atom is 0.257 e. The van der Waals surface area contributed by atoms with Gasteiger partial charge in [0, 0.05) is 18.7 Å². The summed E-state index contributed by atoms with van der Waals surface area (Å²) in [5, 5.41) is 0.383. The standard InChI is InChI=1S/C14H19ClN2O2.ClH/c1-9-5-3-4-6-17(9)14(18)10-7-11(15)12(16)8-13(10)19-2;/h7-9H,3-6,16H2,1-2H3;1H. The maximum atomic E-state index is 12.6. The van der Waals surface area contributed by atoms with E-state index in [-0.39, 0.29) is 24.4 Å². The van der Waals surface area contributed by atoms with Crippen LogP contribution in [0.2, 0.25) is 5.02 Å². The van der Waals surface area contributed by atoms with E-state index in [0.717, 1.165) is 19.4 Å². The molecule has 0 radical (unpaired) electrons. The van der Waals surface area contributed by atoms with Gasteiger partial charge in [-0.25, -0.2) is 0 Å². The van der Waals surface area contributed by atoms with E-state index in [9.17, 15) is 4.79 Å². The van der Waals surface area contributed by atoms with Gasteiger partial charge in [-0.3, -0.25) is 4.79 Å². The van der Waals surface area contributed by atoms with Crippen molar-refractivity contribution in [2.45, 2.75) is 32.2 Å². The van der Waals surface area contributed by atoms with Crippen LogP contribution in [0.3, 0.4) is 0 Å². The Morgan fingerprint density at radius 3 is 2.75 bits per heavy atom. The number of carbonyl (C=O) groups is 1. The smallest absolute Gasteiger partial charge is 0.257 e. The highest BCUT2D eigenvalue weighted by atomic mass is 35.5. The molecular formula is C14H20Cl2N2O2. The van der Waals surface area contributed by atoms with Crippen LogP contribution in [0, 0.1) is 0 Å². The minimum atomic E-state index is -0.0362. The van der Waals surface area contributed by atoms with Crippen molar-refractivity contribution in [2.24, 2.45) is 0 Å². The molecule has 4 nitrogen and oxygen atoms in total. The van der Waals surface area contributed by atoms with E-state index in [1.165, 1.54) is 13.5 Å². The molecule has 1 saturated heterocycles. The van der Waals surface area contributed by atoms with Crippen molar-refractivity contribution >= 4 is 35.6 Å². The molecule has 0 saturated carbocycles. The van der Waals surface area contributed by atoms with Crippen LogP contribution in [0.5, 0.6) is 5.75 Å². The van der Waals surface area contributed by atoms with Crippen molar-refractivity contribution in [1.82, 2.24) is 4.90 Å². The minimum Gasteiger partial charge on any atom is -0.496 e. The Bertz CT molecular complexity index is 494. The second-order valence-electron chi connectivity index (χ2n) is 4.92. The molecule has 0 aromatic heterocycles. The van der Waals surface area contributed by atoms with Gasteiger partial charge in [-0.15, -0.1) is 12.4 Å². The lowest BCUT2D eigenvalue weighted by molar-refractivity contribution is 0.0632. The first kappa shape index (κ1) is 16.9. The van der Waals surface area contributed by atoms with Gasteiger partial charge < -0.3 is 15.4 Å². The van der Waals surface area contributed by atoms with E-state index in [1.54, 1.807) is 12.1 Å². The normalized spacial score (nSPS) is 18.4. The SMILES string of the molecule is COc1cc(N)c(Cl)cc1C(=O)N1CCCCC1C.Cl. The molecule has 2 N–H and O–H groups in total. The maximum absolute atomic E-state index is 12.6. The first-order valence-corrected chi connectivity index (χ1v) is 6.86. The molecule has 112 valence electrons. The molecule has 0 bridgehead atoms. The third kappa shape index (κ3) is 3.30. The van der Waals surface area contributed by atoms with Gasteiger partial charge in [-0.2, -0.15) is 0 Å². The summed E-state index contributed by atoms with van der Waals surface area (Å²) in [6.07, 6.45) is 3.25. The van der Waals surface area contributed by atoms with Crippen molar-refractivity contribution in [3.8, 4) is 5.75 Å². The second kappa shape index (κ2) is 7.04. The molecular weight excluding hydrogens is 299 g/mol.